The zero-order valence-corrected chi connectivity index (χ0v) is 40.3. The number of hydrogen-bond donors (Lipinski definition) is 4. The number of benzene rings is 6. The molecule has 2 amide bonds. The third kappa shape index (κ3) is 12.3. The van der Waals surface area contributed by atoms with Crippen LogP contribution in [0.4, 0.5) is 20.2 Å². The van der Waals surface area contributed by atoms with E-state index in [-0.39, 0.29) is 23.6 Å². The first-order valence-corrected chi connectivity index (χ1v) is 24.3. The van der Waals surface area contributed by atoms with E-state index < -0.39 is 23.4 Å². The first-order valence-electron chi connectivity index (χ1n) is 24.3. The number of rotatable bonds is 18. The summed E-state index contributed by atoms with van der Waals surface area (Å²) < 4.78 is 45.4. The van der Waals surface area contributed by atoms with Crippen molar-refractivity contribution in [1.29, 1.82) is 0 Å². The Morgan fingerprint density at radius 3 is 1.32 bits per heavy atom. The van der Waals surface area contributed by atoms with Crippen LogP contribution in [0.25, 0.3) is 11.4 Å². The van der Waals surface area contributed by atoms with Gasteiger partial charge in [-0.25, -0.2) is 18.1 Å². The molecule has 2 aromatic heterocycles. The van der Waals surface area contributed by atoms with Gasteiger partial charge in [-0.2, -0.15) is 10.2 Å². The average molecular weight is 969 g/mol. The molecule has 2 heterocycles. The summed E-state index contributed by atoms with van der Waals surface area (Å²) >= 11 is 0. The molecule has 0 saturated heterocycles. The Balaban J connectivity index is 0.000000178. The van der Waals surface area contributed by atoms with Gasteiger partial charge in [-0.3, -0.25) is 9.59 Å². The molecule has 6 N–H and O–H groups in total. The maximum atomic E-state index is 14.9. The molecule has 10 rings (SSSR count). The molecule has 2 aliphatic rings. The van der Waals surface area contributed by atoms with Gasteiger partial charge in [0, 0.05) is 13.1 Å². The SMILES string of the molecule is Cc1cc(C(=O)Nc2cc(C(OCC3CC3)c3ccccc3)ccc2F)n(-c2cccc(CN)c2)n1.Cc1cc(C(=O)Nc2cc(C(OCC3CC3)c3ccccc3)ccc2F)n(-c2cccc(CN)c2)n1. The molecule has 72 heavy (non-hydrogen) atoms. The van der Waals surface area contributed by atoms with Crippen LogP contribution >= 0.6 is 0 Å². The van der Waals surface area contributed by atoms with Crippen LogP contribution in [0.15, 0.2) is 158 Å². The predicted molar refractivity (Wildman–Crippen MR) is 275 cm³/mol. The maximum absolute atomic E-state index is 14.9. The Labute approximate surface area is 418 Å². The van der Waals surface area contributed by atoms with Crippen molar-refractivity contribution in [1.82, 2.24) is 19.6 Å². The number of ether oxygens (including phenoxy) is 2. The molecule has 2 unspecified atom stereocenters. The van der Waals surface area contributed by atoms with Crippen molar-refractivity contribution in [3.8, 4) is 11.4 Å². The number of hydrogen-bond acceptors (Lipinski definition) is 8. The molecular weight excluding hydrogens is 911 g/mol. The number of nitrogens with two attached hydrogens (primary N) is 2. The summed E-state index contributed by atoms with van der Waals surface area (Å²) in [5.74, 6) is -0.794. The summed E-state index contributed by atoms with van der Waals surface area (Å²) in [5, 5.41) is 14.4. The van der Waals surface area contributed by atoms with Crippen molar-refractivity contribution in [2.75, 3.05) is 23.8 Å². The largest absolute Gasteiger partial charge is 0.368 e. The summed E-state index contributed by atoms with van der Waals surface area (Å²) in [5.41, 5.74) is 20.5. The summed E-state index contributed by atoms with van der Waals surface area (Å²) in [7, 11) is 0. The maximum Gasteiger partial charge on any atom is 0.274 e. The summed E-state index contributed by atoms with van der Waals surface area (Å²) in [6, 6.07) is 47.6. The molecule has 12 nitrogen and oxygen atoms in total. The first-order chi connectivity index (χ1) is 35.0. The van der Waals surface area contributed by atoms with Crippen LogP contribution in [0.5, 0.6) is 0 Å². The van der Waals surface area contributed by atoms with E-state index in [0.717, 1.165) is 33.4 Å². The molecule has 2 fully saturated rings. The molecule has 14 heteroatoms. The lowest BCUT2D eigenvalue weighted by Gasteiger charge is -2.20. The molecule has 8 aromatic rings. The summed E-state index contributed by atoms with van der Waals surface area (Å²) in [6.45, 7) is 5.67. The molecule has 6 aromatic carbocycles. The van der Waals surface area contributed by atoms with Crippen LogP contribution in [0.1, 0.15) is 104 Å². The van der Waals surface area contributed by atoms with Crippen molar-refractivity contribution in [3.05, 3.63) is 226 Å². The van der Waals surface area contributed by atoms with Gasteiger partial charge in [0.05, 0.1) is 47.4 Å². The molecule has 0 spiro atoms. The van der Waals surface area contributed by atoms with Gasteiger partial charge in [0.1, 0.15) is 35.2 Å². The normalized spacial score (nSPS) is 14.0. The lowest BCUT2D eigenvalue weighted by atomic mass is 10.0. The molecule has 0 radical (unpaired) electrons. The molecule has 2 atom stereocenters. The zero-order valence-electron chi connectivity index (χ0n) is 40.3. The monoisotopic (exact) mass is 968 g/mol. The Bertz CT molecular complexity index is 2940. The highest BCUT2D eigenvalue weighted by Gasteiger charge is 2.27. The summed E-state index contributed by atoms with van der Waals surface area (Å²) in [4.78, 5) is 26.6. The molecule has 368 valence electrons. The minimum absolute atomic E-state index is 0.0922. The first kappa shape index (κ1) is 49.4. The van der Waals surface area contributed by atoms with Gasteiger partial charge in [0.2, 0.25) is 0 Å². The third-order valence-corrected chi connectivity index (χ3v) is 12.6. The Hall–Kier alpha value is -7.62. The van der Waals surface area contributed by atoms with Crippen molar-refractivity contribution in [2.45, 2.75) is 64.8 Å². The van der Waals surface area contributed by atoms with Gasteiger partial charge < -0.3 is 31.6 Å². The third-order valence-electron chi connectivity index (χ3n) is 12.6. The number of halogens is 2. The van der Waals surface area contributed by atoms with Crippen LogP contribution in [0.3, 0.4) is 0 Å². The zero-order chi connectivity index (χ0) is 50.1. The van der Waals surface area contributed by atoms with Gasteiger partial charge in [-0.05, 0) is 145 Å². The van der Waals surface area contributed by atoms with E-state index in [9.17, 15) is 18.4 Å². The number of nitrogens with zero attached hydrogens (tertiary/aromatic N) is 4. The van der Waals surface area contributed by atoms with Crippen molar-refractivity contribution < 1.29 is 27.8 Å². The molecule has 2 saturated carbocycles. The van der Waals surface area contributed by atoms with E-state index in [4.69, 9.17) is 20.9 Å². The Kier molecular flexibility index (Phi) is 15.5. The van der Waals surface area contributed by atoms with Gasteiger partial charge in [0.15, 0.2) is 0 Å². The standard InChI is InChI=1S/2C29H29FN4O2/c2*1-19-14-27(34(33-19)24-9-5-6-21(15-24)17-31)29(35)32-26-16-23(12-13-25(26)30)28(36-18-20-10-11-20)22-7-3-2-4-8-22/h2*2-9,12-16,20,28H,10-11,17-18,31H2,1H3,(H,32,35). The van der Waals surface area contributed by atoms with E-state index in [1.165, 1.54) is 37.8 Å². The second kappa shape index (κ2) is 22.6. The van der Waals surface area contributed by atoms with E-state index >= 15 is 0 Å². The van der Waals surface area contributed by atoms with Crippen LogP contribution in [-0.2, 0) is 22.6 Å². The molecular formula is C58H58F2N8O4. The Morgan fingerprint density at radius 2 is 0.944 bits per heavy atom. The lowest BCUT2D eigenvalue weighted by Crippen LogP contribution is -2.18. The predicted octanol–water partition coefficient (Wildman–Crippen LogP) is 11.1. The van der Waals surface area contributed by atoms with Gasteiger partial charge >= 0.3 is 0 Å². The van der Waals surface area contributed by atoms with E-state index in [2.05, 4.69) is 20.8 Å². The van der Waals surface area contributed by atoms with Crippen LogP contribution < -0.4 is 22.1 Å². The van der Waals surface area contributed by atoms with E-state index in [1.807, 2.05) is 123 Å². The number of aryl methyl sites for hydroxylation is 2. The van der Waals surface area contributed by atoms with E-state index in [1.54, 1.807) is 45.8 Å². The quantitative estimate of drug-likeness (QED) is 0.0660. The summed E-state index contributed by atoms with van der Waals surface area (Å²) in [6.07, 6.45) is 3.99. The number of carbonyl (C=O) groups is 2. The minimum Gasteiger partial charge on any atom is -0.368 e. The van der Waals surface area contributed by atoms with Gasteiger partial charge in [-0.1, -0.05) is 97.1 Å². The second-order valence-corrected chi connectivity index (χ2v) is 18.4. The highest BCUT2D eigenvalue weighted by molar-refractivity contribution is 6.04. The van der Waals surface area contributed by atoms with E-state index in [0.29, 0.717) is 72.3 Å². The van der Waals surface area contributed by atoms with Crippen LogP contribution in [0, 0.1) is 37.3 Å². The van der Waals surface area contributed by atoms with Gasteiger partial charge in [-0.15, -0.1) is 0 Å². The minimum atomic E-state index is -0.519. The smallest absolute Gasteiger partial charge is 0.274 e. The second-order valence-electron chi connectivity index (χ2n) is 18.4. The molecule has 0 bridgehead atoms. The Morgan fingerprint density at radius 1 is 0.542 bits per heavy atom. The van der Waals surface area contributed by atoms with Crippen LogP contribution in [0.2, 0.25) is 0 Å². The molecule has 2 aliphatic carbocycles. The van der Waals surface area contributed by atoms with Crippen molar-refractivity contribution in [3.63, 3.8) is 0 Å². The topological polar surface area (TPSA) is 164 Å². The van der Waals surface area contributed by atoms with Crippen LogP contribution in [-0.4, -0.2) is 44.6 Å². The highest BCUT2D eigenvalue weighted by Crippen LogP contribution is 2.36. The van der Waals surface area contributed by atoms with Crippen molar-refractivity contribution >= 4 is 23.2 Å². The van der Waals surface area contributed by atoms with Gasteiger partial charge in [0.25, 0.3) is 11.8 Å². The fraction of sp³-hybridized carbons (Fsp3) is 0.241. The number of anilines is 2. The van der Waals surface area contributed by atoms with Crippen molar-refractivity contribution in [2.24, 2.45) is 23.3 Å². The fourth-order valence-electron chi connectivity index (χ4n) is 8.38. The number of aromatic nitrogens is 4. The number of nitrogens with one attached hydrogen (secondary N) is 2. The lowest BCUT2D eigenvalue weighted by molar-refractivity contribution is 0.0717. The molecule has 0 aliphatic heterocycles. The average Bonchev–Trinajstić information content (AvgIpc) is 4.34. The number of amides is 2. The number of carbonyl (C=O) groups excluding carboxylic acids is 2. The fourth-order valence-corrected chi connectivity index (χ4v) is 8.38. The highest BCUT2D eigenvalue weighted by atomic mass is 19.1.